The summed E-state index contributed by atoms with van der Waals surface area (Å²) in [5.74, 6) is 0. The Balaban J connectivity index is 2.12. The van der Waals surface area contributed by atoms with Gasteiger partial charge in [-0.15, -0.1) is 0 Å². The molecule has 0 bridgehead atoms. The van der Waals surface area contributed by atoms with Crippen molar-refractivity contribution < 1.29 is 17.9 Å². The summed E-state index contributed by atoms with van der Waals surface area (Å²) in [7, 11) is -3.14. The fourth-order valence-electron chi connectivity index (χ4n) is 2.21. The van der Waals surface area contributed by atoms with Crippen LogP contribution in [0.5, 0.6) is 0 Å². The second-order valence-corrected chi connectivity index (χ2v) is 5.98. The van der Waals surface area contributed by atoms with Gasteiger partial charge in [-0.25, -0.2) is 8.42 Å². The summed E-state index contributed by atoms with van der Waals surface area (Å²) in [5.41, 5.74) is 0. The van der Waals surface area contributed by atoms with E-state index in [0.29, 0.717) is 19.8 Å². The van der Waals surface area contributed by atoms with Crippen molar-refractivity contribution in [2.75, 3.05) is 26.0 Å². The van der Waals surface area contributed by atoms with Crippen LogP contribution >= 0.6 is 0 Å². The topological polar surface area (TPSA) is 55.8 Å². The first kappa shape index (κ1) is 11.3. The van der Waals surface area contributed by atoms with Crippen molar-refractivity contribution in [2.45, 2.75) is 31.6 Å². The van der Waals surface area contributed by atoms with Gasteiger partial charge < -0.3 is 9.47 Å². The second-order valence-electron chi connectivity index (χ2n) is 4.05. The van der Waals surface area contributed by atoms with E-state index in [1.54, 1.807) is 0 Å². The first-order valence-electron chi connectivity index (χ1n) is 5.29. The van der Waals surface area contributed by atoms with Crippen LogP contribution in [0.1, 0.15) is 19.3 Å². The van der Waals surface area contributed by atoms with Gasteiger partial charge in [-0.2, -0.15) is 4.31 Å². The molecule has 6 heteroatoms. The predicted octanol–water partition coefficient (Wildman–Crippen LogP) is 0.173. The molecule has 0 radical (unpaired) electrons. The molecule has 5 nitrogen and oxygen atoms in total. The molecule has 88 valence electrons. The molecule has 2 aliphatic rings. The number of sulfonamides is 1. The Labute approximate surface area is 90.4 Å². The van der Waals surface area contributed by atoms with Crippen molar-refractivity contribution >= 4 is 10.0 Å². The van der Waals surface area contributed by atoms with Gasteiger partial charge in [0.05, 0.1) is 25.5 Å². The summed E-state index contributed by atoms with van der Waals surface area (Å²) in [6.45, 7) is 1.73. The highest BCUT2D eigenvalue weighted by Crippen LogP contribution is 2.26. The number of nitrogens with zero attached hydrogens (tertiary/aromatic N) is 1. The molecule has 2 aliphatic heterocycles. The van der Waals surface area contributed by atoms with Crippen LogP contribution in [0.4, 0.5) is 0 Å². The van der Waals surface area contributed by atoms with Gasteiger partial charge in [-0.3, -0.25) is 0 Å². The van der Waals surface area contributed by atoms with Crippen LogP contribution in [0, 0.1) is 0 Å². The summed E-state index contributed by atoms with van der Waals surface area (Å²) >= 11 is 0. The maximum Gasteiger partial charge on any atom is 0.211 e. The Bertz CT molecular complexity index is 310. The van der Waals surface area contributed by atoms with E-state index in [4.69, 9.17) is 9.47 Å². The highest BCUT2D eigenvalue weighted by Gasteiger charge is 2.37. The molecule has 2 saturated heterocycles. The summed E-state index contributed by atoms with van der Waals surface area (Å²) in [5, 5.41) is 0. The summed E-state index contributed by atoms with van der Waals surface area (Å²) in [6, 6.07) is -0.128. The lowest BCUT2D eigenvalue weighted by molar-refractivity contribution is -0.0912. The third-order valence-corrected chi connectivity index (χ3v) is 4.19. The summed E-state index contributed by atoms with van der Waals surface area (Å²) in [6.07, 6.45) is 3.69. The monoisotopic (exact) mass is 235 g/mol. The van der Waals surface area contributed by atoms with Gasteiger partial charge in [-0.1, -0.05) is 6.42 Å². The molecular weight excluding hydrogens is 218 g/mol. The summed E-state index contributed by atoms with van der Waals surface area (Å²) < 4.78 is 35.4. The zero-order chi connectivity index (χ0) is 10.9. The van der Waals surface area contributed by atoms with Crippen molar-refractivity contribution in [1.82, 2.24) is 4.31 Å². The maximum atomic E-state index is 11.6. The number of rotatable bonds is 2. The van der Waals surface area contributed by atoms with Crippen LogP contribution in [0.15, 0.2) is 0 Å². The minimum atomic E-state index is -3.14. The van der Waals surface area contributed by atoms with Crippen LogP contribution in [-0.2, 0) is 19.5 Å². The van der Waals surface area contributed by atoms with E-state index in [-0.39, 0.29) is 12.3 Å². The molecule has 0 saturated carbocycles. The normalized spacial score (nSPS) is 30.9. The Morgan fingerprint density at radius 1 is 1.20 bits per heavy atom. The highest BCUT2D eigenvalue weighted by molar-refractivity contribution is 7.88. The van der Waals surface area contributed by atoms with E-state index in [9.17, 15) is 8.42 Å². The van der Waals surface area contributed by atoms with Crippen molar-refractivity contribution in [1.29, 1.82) is 0 Å². The zero-order valence-electron chi connectivity index (χ0n) is 8.89. The highest BCUT2D eigenvalue weighted by atomic mass is 32.2. The van der Waals surface area contributed by atoms with Gasteiger partial charge >= 0.3 is 0 Å². The predicted molar refractivity (Wildman–Crippen MR) is 54.9 cm³/mol. The van der Waals surface area contributed by atoms with Crippen LogP contribution in [0.2, 0.25) is 0 Å². The molecule has 0 amide bonds. The largest absolute Gasteiger partial charge is 0.349 e. The fraction of sp³-hybridized carbons (Fsp3) is 1.00. The molecule has 0 aromatic carbocycles. The molecule has 0 aliphatic carbocycles. The van der Waals surface area contributed by atoms with E-state index in [1.807, 2.05) is 0 Å². The lowest BCUT2D eigenvalue weighted by Gasteiger charge is -2.35. The minimum absolute atomic E-state index is 0.128. The SMILES string of the molecule is CS(=O)(=O)N1CCCCC1C1OCCO1. The number of hydrogen-bond acceptors (Lipinski definition) is 4. The van der Waals surface area contributed by atoms with Gasteiger partial charge in [0.1, 0.15) is 0 Å². The molecule has 2 rings (SSSR count). The average molecular weight is 235 g/mol. The van der Waals surface area contributed by atoms with Crippen LogP contribution in [0.3, 0.4) is 0 Å². The molecule has 1 unspecified atom stereocenters. The third-order valence-electron chi connectivity index (χ3n) is 2.89. The van der Waals surface area contributed by atoms with Crippen molar-refractivity contribution in [3.8, 4) is 0 Å². The van der Waals surface area contributed by atoms with Crippen molar-refractivity contribution in [3.05, 3.63) is 0 Å². The maximum absolute atomic E-state index is 11.6. The van der Waals surface area contributed by atoms with Gasteiger partial charge in [-0.05, 0) is 12.8 Å². The molecule has 15 heavy (non-hydrogen) atoms. The van der Waals surface area contributed by atoms with Crippen LogP contribution in [0.25, 0.3) is 0 Å². The van der Waals surface area contributed by atoms with Gasteiger partial charge in [0, 0.05) is 6.54 Å². The van der Waals surface area contributed by atoms with Crippen LogP contribution in [-0.4, -0.2) is 51.1 Å². The molecular formula is C9H17NO4S. The molecule has 0 aromatic heterocycles. The number of hydrogen-bond donors (Lipinski definition) is 0. The van der Waals surface area contributed by atoms with Crippen molar-refractivity contribution in [3.63, 3.8) is 0 Å². The Kier molecular flexibility index (Phi) is 3.30. The lowest BCUT2D eigenvalue weighted by atomic mass is 10.0. The minimum Gasteiger partial charge on any atom is -0.349 e. The Morgan fingerprint density at radius 2 is 1.87 bits per heavy atom. The lowest BCUT2D eigenvalue weighted by Crippen LogP contribution is -2.49. The third kappa shape index (κ3) is 2.50. The van der Waals surface area contributed by atoms with E-state index < -0.39 is 10.0 Å². The number of ether oxygens (including phenoxy) is 2. The first-order chi connectivity index (χ1) is 7.09. The second kappa shape index (κ2) is 4.37. The van der Waals surface area contributed by atoms with E-state index >= 15 is 0 Å². The van der Waals surface area contributed by atoms with E-state index in [0.717, 1.165) is 19.3 Å². The summed E-state index contributed by atoms with van der Waals surface area (Å²) in [4.78, 5) is 0. The van der Waals surface area contributed by atoms with E-state index in [2.05, 4.69) is 0 Å². The van der Waals surface area contributed by atoms with Crippen molar-refractivity contribution in [2.24, 2.45) is 0 Å². The van der Waals surface area contributed by atoms with Gasteiger partial charge in [0.25, 0.3) is 0 Å². The molecule has 0 N–H and O–H groups in total. The Morgan fingerprint density at radius 3 is 2.47 bits per heavy atom. The number of piperidine rings is 1. The average Bonchev–Trinajstić information content (AvgIpc) is 2.69. The smallest absolute Gasteiger partial charge is 0.211 e. The van der Waals surface area contributed by atoms with E-state index in [1.165, 1.54) is 10.6 Å². The Hall–Kier alpha value is -0.170. The molecule has 2 heterocycles. The molecule has 0 aromatic rings. The fourth-order valence-corrected chi connectivity index (χ4v) is 3.37. The quantitative estimate of drug-likeness (QED) is 0.685. The zero-order valence-corrected chi connectivity index (χ0v) is 9.70. The standard InChI is InChI=1S/C9H17NO4S/c1-15(11,12)10-5-3-2-4-8(10)9-13-6-7-14-9/h8-9H,2-7H2,1H3. The molecule has 0 spiro atoms. The van der Waals surface area contributed by atoms with Gasteiger partial charge in [0.15, 0.2) is 6.29 Å². The first-order valence-corrected chi connectivity index (χ1v) is 7.14. The van der Waals surface area contributed by atoms with Crippen LogP contribution < -0.4 is 0 Å². The molecule has 2 fully saturated rings. The van der Waals surface area contributed by atoms with Gasteiger partial charge in [0.2, 0.25) is 10.0 Å². The molecule has 1 atom stereocenters.